The minimum absolute atomic E-state index is 0.133. The summed E-state index contributed by atoms with van der Waals surface area (Å²) < 4.78 is 14.0. The molecule has 0 heterocycles. The summed E-state index contributed by atoms with van der Waals surface area (Å²) >= 11 is 3.15. The van der Waals surface area contributed by atoms with Gasteiger partial charge in [0, 0.05) is 10.9 Å². The van der Waals surface area contributed by atoms with Crippen molar-refractivity contribution >= 4 is 15.9 Å². The minimum atomic E-state index is -0.911. The average molecular weight is 277 g/mol. The van der Waals surface area contributed by atoms with Crippen molar-refractivity contribution in [2.75, 3.05) is 0 Å². The fraction of sp³-hybridized carbons (Fsp3) is 0.455. The molecule has 2 unspecified atom stereocenters. The Morgan fingerprint density at radius 3 is 2.53 bits per heavy atom. The van der Waals surface area contributed by atoms with E-state index in [1.54, 1.807) is 19.1 Å². The highest BCUT2D eigenvalue weighted by atomic mass is 79.9. The van der Waals surface area contributed by atoms with Gasteiger partial charge in [0.15, 0.2) is 0 Å². The zero-order chi connectivity index (χ0) is 11.4. The number of aliphatic hydroxyl groups excluding tert-OH is 2. The molecule has 0 fully saturated rings. The number of aliphatic hydroxyl groups is 2. The molecule has 0 amide bonds. The molecule has 0 saturated carbocycles. The van der Waals surface area contributed by atoms with E-state index < -0.39 is 12.2 Å². The van der Waals surface area contributed by atoms with Crippen LogP contribution in [-0.2, 0) is 6.42 Å². The third-order valence-corrected chi connectivity index (χ3v) is 2.80. The molecule has 2 nitrogen and oxygen atoms in total. The topological polar surface area (TPSA) is 40.5 Å². The summed E-state index contributed by atoms with van der Waals surface area (Å²) in [5.74, 6) is -0.369. The van der Waals surface area contributed by atoms with Crippen LogP contribution < -0.4 is 0 Å². The largest absolute Gasteiger partial charge is 0.390 e. The van der Waals surface area contributed by atoms with E-state index in [4.69, 9.17) is 0 Å². The van der Waals surface area contributed by atoms with E-state index in [1.165, 1.54) is 6.07 Å². The van der Waals surface area contributed by atoms with E-state index in [9.17, 15) is 14.6 Å². The van der Waals surface area contributed by atoms with Gasteiger partial charge in [-0.05, 0) is 24.1 Å². The Labute approximate surface area is 96.9 Å². The average Bonchev–Trinajstić information content (AvgIpc) is 2.20. The smallest absolute Gasteiger partial charge is 0.127 e. The maximum Gasteiger partial charge on any atom is 0.127 e. The lowest BCUT2D eigenvalue weighted by Crippen LogP contribution is -2.27. The molecule has 0 aliphatic rings. The van der Waals surface area contributed by atoms with Crippen LogP contribution in [0, 0.1) is 5.82 Å². The van der Waals surface area contributed by atoms with E-state index in [1.807, 2.05) is 0 Å². The Kier molecular flexibility index (Phi) is 4.70. The highest BCUT2D eigenvalue weighted by Gasteiger charge is 2.16. The number of hydrogen-bond acceptors (Lipinski definition) is 2. The predicted molar refractivity (Wildman–Crippen MR) is 60.1 cm³/mol. The second-order valence-electron chi connectivity index (χ2n) is 3.48. The molecule has 4 heteroatoms. The Morgan fingerprint density at radius 1 is 1.33 bits per heavy atom. The van der Waals surface area contributed by atoms with Crippen molar-refractivity contribution in [3.8, 4) is 0 Å². The van der Waals surface area contributed by atoms with Gasteiger partial charge in [-0.3, -0.25) is 0 Å². The lowest BCUT2D eigenvalue weighted by molar-refractivity contribution is 0.0177. The molecule has 1 aromatic rings. The van der Waals surface area contributed by atoms with Gasteiger partial charge in [0.1, 0.15) is 5.82 Å². The zero-order valence-corrected chi connectivity index (χ0v) is 10.0. The zero-order valence-electron chi connectivity index (χ0n) is 8.45. The van der Waals surface area contributed by atoms with Crippen LogP contribution in [0.1, 0.15) is 18.9 Å². The fourth-order valence-corrected chi connectivity index (χ4v) is 1.65. The van der Waals surface area contributed by atoms with Crippen LogP contribution in [0.5, 0.6) is 0 Å². The second-order valence-corrected chi connectivity index (χ2v) is 4.40. The number of benzene rings is 1. The first-order valence-electron chi connectivity index (χ1n) is 4.84. The van der Waals surface area contributed by atoms with E-state index in [2.05, 4.69) is 15.9 Å². The van der Waals surface area contributed by atoms with Crippen molar-refractivity contribution in [1.29, 1.82) is 0 Å². The molecule has 84 valence electrons. The highest BCUT2D eigenvalue weighted by Crippen LogP contribution is 2.17. The lowest BCUT2D eigenvalue weighted by atomic mass is 10.0. The second kappa shape index (κ2) is 5.58. The van der Waals surface area contributed by atoms with Gasteiger partial charge in [-0.25, -0.2) is 4.39 Å². The van der Waals surface area contributed by atoms with Crippen molar-refractivity contribution in [2.45, 2.75) is 32.0 Å². The molecule has 0 aliphatic carbocycles. The molecule has 2 N–H and O–H groups in total. The van der Waals surface area contributed by atoms with Crippen LogP contribution in [0.4, 0.5) is 4.39 Å². The van der Waals surface area contributed by atoms with Gasteiger partial charge < -0.3 is 10.2 Å². The summed E-state index contributed by atoms with van der Waals surface area (Å²) in [5, 5.41) is 18.9. The van der Waals surface area contributed by atoms with Crippen molar-refractivity contribution in [3.05, 3.63) is 34.1 Å². The summed E-state index contributed by atoms with van der Waals surface area (Å²) in [5.41, 5.74) is 0.415. The molecule has 2 atom stereocenters. The molecule has 15 heavy (non-hydrogen) atoms. The first-order chi connectivity index (χ1) is 7.04. The van der Waals surface area contributed by atoms with E-state index >= 15 is 0 Å². The maximum atomic E-state index is 13.4. The number of hydrogen-bond donors (Lipinski definition) is 2. The molecule has 0 bridgehead atoms. The standard InChI is InChI=1S/C11H14BrFO2/c1-2-10(14)11(15)5-7-3-4-8(12)6-9(7)13/h3-4,6,10-11,14-15H,2,5H2,1H3. The first kappa shape index (κ1) is 12.6. The molecular weight excluding hydrogens is 263 g/mol. The van der Waals surface area contributed by atoms with Gasteiger partial charge in [-0.2, -0.15) is 0 Å². The molecular formula is C11H14BrFO2. The normalized spacial score (nSPS) is 15.0. The minimum Gasteiger partial charge on any atom is -0.390 e. The summed E-state index contributed by atoms with van der Waals surface area (Å²) in [4.78, 5) is 0. The maximum absolute atomic E-state index is 13.4. The van der Waals surface area contributed by atoms with Crippen molar-refractivity contribution in [2.24, 2.45) is 0 Å². The first-order valence-corrected chi connectivity index (χ1v) is 5.64. The summed E-state index contributed by atoms with van der Waals surface area (Å²) in [7, 11) is 0. The van der Waals surface area contributed by atoms with Crippen molar-refractivity contribution in [1.82, 2.24) is 0 Å². The van der Waals surface area contributed by atoms with Crippen molar-refractivity contribution < 1.29 is 14.6 Å². The molecule has 0 spiro atoms. The van der Waals surface area contributed by atoms with Gasteiger partial charge in [-0.15, -0.1) is 0 Å². The highest BCUT2D eigenvalue weighted by molar-refractivity contribution is 9.10. The number of rotatable bonds is 4. The Bertz CT molecular complexity index is 330. The summed E-state index contributed by atoms with van der Waals surface area (Å²) in [6.45, 7) is 1.77. The third kappa shape index (κ3) is 3.55. The van der Waals surface area contributed by atoms with Gasteiger partial charge in [0.2, 0.25) is 0 Å². The molecule has 0 radical (unpaired) electrons. The van der Waals surface area contributed by atoms with Crippen LogP contribution in [0.15, 0.2) is 22.7 Å². The van der Waals surface area contributed by atoms with Crippen LogP contribution in [0.25, 0.3) is 0 Å². The summed E-state index contributed by atoms with van der Waals surface area (Å²) in [6, 6.07) is 4.66. The monoisotopic (exact) mass is 276 g/mol. The Balaban J connectivity index is 2.72. The van der Waals surface area contributed by atoms with E-state index in [0.29, 0.717) is 16.5 Å². The quantitative estimate of drug-likeness (QED) is 0.886. The molecule has 1 aromatic carbocycles. The molecule has 0 saturated heterocycles. The van der Waals surface area contributed by atoms with Gasteiger partial charge in [0.25, 0.3) is 0 Å². The SMILES string of the molecule is CCC(O)C(O)Cc1ccc(Br)cc1F. The fourth-order valence-electron chi connectivity index (χ4n) is 1.32. The van der Waals surface area contributed by atoms with Gasteiger partial charge in [0.05, 0.1) is 12.2 Å². The third-order valence-electron chi connectivity index (χ3n) is 2.31. The molecule has 0 aliphatic heterocycles. The molecule has 1 rings (SSSR count). The predicted octanol–water partition coefficient (Wildman–Crippen LogP) is 2.26. The van der Waals surface area contributed by atoms with Crippen LogP contribution >= 0.6 is 15.9 Å². The van der Waals surface area contributed by atoms with Gasteiger partial charge in [-0.1, -0.05) is 28.9 Å². The van der Waals surface area contributed by atoms with Crippen LogP contribution in [-0.4, -0.2) is 22.4 Å². The Hall–Kier alpha value is -0.450. The molecule has 0 aromatic heterocycles. The van der Waals surface area contributed by atoms with Crippen molar-refractivity contribution in [3.63, 3.8) is 0 Å². The lowest BCUT2D eigenvalue weighted by Gasteiger charge is -2.16. The van der Waals surface area contributed by atoms with E-state index in [-0.39, 0.29) is 12.2 Å². The van der Waals surface area contributed by atoms with Crippen LogP contribution in [0.2, 0.25) is 0 Å². The Morgan fingerprint density at radius 2 is 2.00 bits per heavy atom. The summed E-state index contributed by atoms with van der Waals surface area (Å²) in [6.07, 6.45) is -1.12. The van der Waals surface area contributed by atoms with E-state index in [0.717, 1.165) is 0 Å². The number of halogens is 2. The van der Waals surface area contributed by atoms with Crippen LogP contribution in [0.3, 0.4) is 0 Å². The van der Waals surface area contributed by atoms with Gasteiger partial charge >= 0.3 is 0 Å².